The first kappa shape index (κ1) is 73.7. The molecular formula is C66H126O13. The van der Waals surface area contributed by atoms with Gasteiger partial charge >= 0.3 is 11.9 Å². The smallest absolute Gasteiger partial charge is 0.306 e. The van der Waals surface area contributed by atoms with E-state index in [0.717, 1.165) is 77.0 Å². The average Bonchev–Trinajstić information content (AvgIpc) is 3.47. The molecule has 0 radical (unpaired) electrons. The molecule has 2 fully saturated rings. The van der Waals surface area contributed by atoms with Gasteiger partial charge in [0.1, 0.15) is 62.0 Å². The lowest BCUT2D eigenvalue weighted by Gasteiger charge is -2.44. The van der Waals surface area contributed by atoms with E-state index < -0.39 is 86.6 Å². The number of carbonyl (C=O) groups excluding carboxylic acids is 2. The molecule has 13 nitrogen and oxygen atoms in total. The molecule has 0 saturated carbocycles. The van der Waals surface area contributed by atoms with Crippen molar-refractivity contribution >= 4 is 11.9 Å². The van der Waals surface area contributed by atoms with Crippen molar-refractivity contribution in [2.45, 2.75) is 384 Å². The Morgan fingerprint density at radius 2 is 0.532 bits per heavy atom. The molecule has 0 aromatic heterocycles. The van der Waals surface area contributed by atoms with E-state index in [-0.39, 0.29) is 24.7 Å². The monoisotopic (exact) mass is 1130 g/mol. The molecule has 4 unspecified atom stereocenters. The molecule has 0 amide bonds. The summed E-state index contributed by atoms with van der Waals surface area (Å²) in [6, 6.07) is 0. The zero-order valence-corrected chi connectivity index (χ0v) is 51.4. The highest BCUT2D eigenvalue weighted by Crippen LogP contribution is 2.31. The number of hydrogen-bond acceptors (Lipinski definition) is 13. The van der Waals surface area contributed by atoms with Crippen LogP contribution in [0.5, 0.6) is 0 Å². The Bertz CT molecular complexity index is 1240. The molecule has 2 aliphatic rings. The predicted molar refractivity (Wildman–Crippen MR) is 318 cm³/mol. The van der Waals surface area contributed by atoms with Gasteiger partial charge in [-0.3, -0.25) is 9.59 Å². The molecule has 2 rings (SSSR count). The zero-order valence-electron chi connectivity index (χ0n) is 51.4. The standard InChI is InChI=1S/C66H126O13/c1-5-9-13-17-21-25-29-33-37-41-45-53(46-42-38-34-30-26-22-18-14-10-6-2)49-57(67)75-51-55-59(69)61(71)63(73)65(77-55)79-66-64(74)62(72)60(70)56(78-66)52-76-58(68)50-54(47-43-39-35-31-27-23-19-15-11-7-3)48-44-40-36-32-28-24-20-16-12-8-4/h53-56,59-66,69-74H,5-52H2,1-4H3/t55?,56?,59-,60-,61-,62-,63?,64?,65-,66-/m0/s1. The van der Waals surface area contributed by atoms with Gasteiger partial charge in [-0.05, 0) is 37.5 Å². The van der Waals surface area contributed by atoms with E-state index in [2.05, 4.69) is 27.7 Å². The molecule has 0 aromatic carbocycles. The van der Waals surface area contributed by atoms with Crippen LogP contribution >= 0.6 is 0 Å². The Labute approximate surface area is 483 Å². The van der Waals surface area contributed by atoms with E-state index in [0.29, 0.717) is 0 Å². The minimum absolute atomic E-state index is 0.167. The van der Waals surface area contributed by atoms with Crippen LogP contribution in [0.1, 0.15) is 323 Å². The first-order valence-corrected chi connectivity index (χ1v) is 33.8. The number of carbonyl (C=O) groups is 2. The van der Waals surface area contributed by atoms with Gasteiger partial charge in [-0.1, -0.05) is 285 Å². The molecule has 0 aliphatic carbocycles. The van der Waals surface area contributed by atoms with Crippen molar-refractivity contribution in [3.63, 3.8) is 0 Å². The first-order valence-electron chi connectivity index (χ1n) is 33.8. The molecule has 2 saturated heterocycles. The fourth-order valence-electron chi connectivity index (χ4n) is 11.8. The molecule has 2 aliphatic heterocycles. The maximum absolute atomic E-state index is 13.4. The molecule has 6 N–H and O–H groups in total. The number of hydrogen-bond donors (Lipinski definition) is 6. The van der Waals surface area contributed by atoms with Crippen LogP contribution in [0.3, 0.4) is 0 Å². The van der Waals surface area contributed by atoms with Crippen LogP contribution in [0.4, 0.5) is 0 Å². The van der Waals surface area contributed by atoms with E-state index in [1.165, 1.54) is 205 Å². The lowest BCUT2D eigenvalue weighted by Crippen LogP contribution is -2.64. The minimum atomic E-state index is -1.81. The summed E-state index contributed by atoms with van der Waals surface area (Å²) < 4.78 is 29.0. The average molecular weight is 1130 g/mol. The van der Waals surface area contributed by atoms with Gasteiger partial charge < -0.3 is 54.3 Å². The molecule has 0 spiro atoms. The molecule has 0 bridgehead atoms. The summed E-state index contributed by atoms with van der Waals surface area (Å²) in [5.74, 6) is -0.522. The van der Waals surface area contributed by atoms with Crippen molar-refractivity contribution in [1.82, 2.24) is 0 Å². The van der Waals surface area contributed by atoms with Gasteiger partial charge in [0.2, 0.25) is 0 Å². The van der Waals surface area contributed by atoms with Crippen LogP contribution in [0, 0.1) is 11.8 Å². The summed E-state index contributed by atoms with van der Waals surface area (Å²) >= 11 is 0. The topological polar surface area (TPSA) is 202 Å². The first-order chi connectivity index (χ1) is 38.5. The molecule has 0 aromatic rings. The van der Waals surface area contributed by atoms with E-state index in [4.69, 9.17) is 23.7 Å². The lowest BCUT2D eigenvalue weighted by molar-refractivity contribution is -0.376. The van der Waals surface area contributed by atoms with E-state index in [1.54, 1.807) is 0 Å². The second-order valence-electron chi connectivity index (χ2n) is 24.6. The lowest BCUT2D eigenvalue weighted by atomic mass is 9.91. The zero-order chi connectivity index (χ0) is 57.6. The van der Waals surface area contributed by atoms with Crippen molar-refractivity contribution in [3.8, 4) is 0 Å². The summed E-state index contributed by atoms with van der Waals surface area (Å²) in [5.41, 5.74) is 0. The maximum Gasteiger partial charge on any atom is 0.306 e. The number of ether oxygens (including phenoxy) is 5. The van der Waals surface area contributed by atoms with Gasteiger partial charge in [0.15, 0.2) is 12.6 Å². The van der Waals surface area contributed by atoms with Crippen LogP contribution in [-0.4, -0.2) is 117 Å². The van der Waals surface area contributed by atoms with Gasteiger partial charge in [0.25, 0.3) is 0 Å². The minimum Gasteiger partial charge on any atom is -0.463 e. The molecule has 13 heteroatoms. The summed E-state index contributed by atoms with van der Waals surface area (Å²) in [6.07, 6.45) is 37.6. The third-order valence-corrected chi connectivity index (χ3v) is 17.2. The number of unbranched alkanes of at least 4 members (excludes halogenated alkanes) is 36. The van der Waals surface area contributed by atoms with Gasteiger partial charge in [0.05, 0.1) is 0 Å². The number of esters is 2. The highest BCUT2D eigenvalue weighted by Gasteiger charge is 2.50. The van der Waals surface area contributed by atoms with Gasteiger partial charge in [0, 0.05) is 12.8 Å². The highest BCUT2D eigenvalue weighted by atomic mass is 16.8. The SMILES string of the molecule is CCCCCCCCCCCCC(CCCCCCCCCCCC)CC(=O)OCC1O[C@@H](O[C@@H]2OC(COC(=O)CC(CCCCCCCCCCCC)CCCCCCCCCCCC)[C@H](O)[C@H](O)C2O)C(O)[C@@H](O)[C@H]1O. The van der Waals surface area contributed by atoms with Gasteiger partial charge in [-0.25, -0.2) is 0 Å². The maximum atomic E-state index is 13.4. The van der Waals surface area contributed by atoms with Crippen molar-refractivity contribution in [2.75, 3.05) is 13.2 Å². The number of aliphatic hydroxyl groups excluding tert-OH is 6. The highest BCUT2D eigenvalue weighted by molar-refractivity contribution is 5.70. The van der Waals surface area contributed by atoms with Crippen molar-refractivity contribution < 1.29 is 63.9 Å². The fraction of sp³-hybridized carbons (Fsp3) is 0.970. The molecule has 10 atom stereocenters. The summed E-state index contributed by atoms with van der Waals surface area (Å²) in [4.78, 5) is 26.9. The Morgan fingerprint density at radius 1 is 0.316 bits per heavy atom. The second-order valence-corrected chi connectivity index (χ2v) is 24.6. The van der Waals surface area contributed by atoms with Crippen LogP contribution < -0.4 is 0 Å². The normalized spacial score (nSPS) is 23.5. The molecular weight excluding hydrogens is 1000 g/mol. The number of aliphatic hydroxyl groups is 6. The van der Waals surface area contributed by atoms with Crippen molar-refractivity contribution in [1.29, 1.82) is 0 Å². The third kappa shape index (κ3) is 36.1. The Kier molecular flexibility index (Phi) is 46.6. The Hall–Kier alpha value is -1.42. The summed E-state index contributed by atoms with van der Waals surface area (Å²) in [7, 11) is 0. The Morgan fingerprint density at radius 3 is 0.759 bits per heavy atom. The molecule has 79 heavy (non-hydrogen) atoms. The summed E-state index contributed by atoms with van der Waals surface area (Å²) in [6.45, 7) is 8.15. The van der Waals surface area contributed by atoms with E-state index >= 15 is 0 Å². The predicted octanol–water partition coefficient (Wildman–Crippen LogP) is 15.0. The molecule has 468 valence electrons. The second kappa shape index (κ2) is 50.0. The van der Waals surface area contributed by atoms with Crippen molar-refractivity contribution in [3.05, 3.63) is 0 Å². The summed E-state index contributed by atoms with van der Waals surface area (Å²) in [5, 5.41) is 65.7. The van der Waals surface area contributed by atoms with E-state index in [1.807, 2.05) is 0 Å². The van der Waals surface area contributed by atoms with Crippen LogP contribution in [0.25, 0.3) is 0 Å². The Balaban J connectivity index is 1.95. The van der Waals surface area contributed by atoms with Crippen LogP contribution in [-0.2, 0) is 33.3 Å². The quantitative estimate of drug-likeness (QED) is 0.0248. The fourth-order valence-corrected chi connectivity index (χ4v) is 11.8. The van der Waals surface area contributed by atoms with Gasteiger partial charge in [-0.2, -0.15) is 0 Å². The van der Waals surface area contributed by atoms with Crippen molar-refractivity contribution in [2.24, 2.45) is 11.8 Å². The van der Waals surface area contributed by atoms with E-state index in [9.17, 15) is 40.2 Å². The van der Waals surface area contributed by atoms with Crippen LogP contribution in [0.15, 0.2) is 0 Å². The number of rotatable bonds is 54. The molecule has 2 heterocycles. The largest absolute Gasteiger partial charge is 0.463 e. The third-order valence-electron chi connectivity index (χ3n) is 17.2. The van der Waals surface area contributed by atoms with Crippen LogP contribution in [0.2, 0.25) is 0 Å². The van der Waals surface area contributed by atoms with Gasteiger partial charge in [-0.15, -0.1) is 0 Å².